The maximum atomic E-state index is 5.69. The molecule has 1 aliphatic rings. The van der Waals surface area contributed by atoms with E-state index in [0.29, 0.717) is 12.5 Å². The number of hydrogen-bond acceptors (Lipinski definition) is 3. The first-order chi connectivity index (χ1) is 8.79. The fraction of sp³-hybridized carbons (Fsp3) is 0.600. The van der Waals surface area contributed by atoms with E-state index in [2.05, 4.69) is 36.1 Å². The highest BCUT2D eigenvalue weighted by Crippen LogP contribution is 2.15. The first-order valence-corrected chi connectivity index (χ1v) is 6.88. The van der Waals surface area contributed by atoms with Crippen LogP contribution in [0.3, 0.4) is 0 Å². The minimum atomic E-state index is 0.450. The molecule has 1 aromatic rings. The van der Waals surface area contributed by atoms with E-state index in [9.17, 15) is 0 Å². The fourth-order valence-corrected chi connectivity index (χ4v) is 2.30. The summed E-state index contributed by atoms with van der Waals surface area (Å²) in [5, 5.41) is 0. The van der Waals surface area contributed by atoms with Crippen molar-refractivity contribution in [2.75, 3.05) is 32.8 Å². The summed E-state index contributed by atoms with van der Waals surface area (Å²) in [4.78, 5) is 2.47. The second-order valence-corrected chi connectivity index (χ2v) is 5.12. The molecule has 0 spiro atoms. The van der Waals surface area contributed by atoms with Gasteiger partial charge in [0.1, 0.15) is 0 Å². The topological polar surface area (TPSA) is 38.5 Å². The molecule has 1 fully saturated rings. The van der Waals surface area contributed by atoms with Crippen molar-refractivity contribution in [3.8, 4) is 0 Å². The Balaban J connectivity index is 1.92. The molecule has 0 radical (unpaired) electrons. The van der Waals surface area contributed by atoms with Gasteiger partial charge >= 0.3 is 0 Å². The predicted octanol–water partition coefficient (Wildman–Crippen LogP) is 1.97. The van der Waals surface area contributed by atoms with Crippen LogP contribution in [0, 0.1) is 0 Å². The second kappa shape index (κ2) is 6.88. The largest absolute Gasteiger partial charge is 0.380 e. The van der Waals surface area contributed by atoms with E-state index in [-0.39, 0.29) is 0 Å². The quantitative estimate of drug-likeness (QED) is 0.885. The molecule has 0 aromatic heterocycles. The highest BCUT2D eigenvalue weighted by atomic mass is 16.5. The highest BCUT2D eigenvalue weighted by Gasteiger charge is 2.10. The molecule has 1 atom stereocenters. The second-order valence-electron chi connectivity index (χ2n) is 5.12. The van der Waals surface area contributed by atoms with Gasteiger partial charge in [0.15, 0.2) is 0 Å². The summed E-state index contributed by atoms with van der Waals surface area (Å²) in [6.45, 7) is 7.86. The summed E-state index contributed by atoms with van der Waals surface area (Å²) in [6.07, 6.45) is 1.14. The van der Waals surface area contributed by atoms with Crippen molar-refractivity contribution in [1.82, 2.24) is 4.90 Å². The zero-order chi connectivity index (χ0) is 12.8. The molecule has 0 amide bonds. The van der Waals surface area contributed by atoms with Crippen molar-refractivity contribution in [1.29, 1.82) is 0 Å². The summed E-state index contributed by atoms with van der Waals surface area (Å²) in [6, 6.07) is 8.88. The van der Waals surface area contributed by atoms with Crippen molar-refractivity contribution in [3.05, 3.63) is 35.4 Å². The lowest BCUT2D eigenvalue weighted by Gasteiger charge is -2.19. The van der Waals surface area contributed by atoms with Gasteiger partial charge in [-0.3, -0.25) is 4.90 Å². The van der Waals surface area contributed by atoms with Crippen molar-refractivity contribution in [2.24, 2.45) is 5.73 Å². The van der Waals surface area contributed by atoms with Gasteiger partial charge in [0, 0.05) is 26.2 Å². The number of rotatable bonds is 4. The number of ether oxygens (including phenoxy) is 1. The molecule has 1 unspecified atom stereocenters. The van der Waals surface area contributed by atoms with Gasteiger partial charge in [0.05, 0.1) is 6.61 Å². The van der Waals surface area contributed by atoms with Crippen LogP contribution in [0.1, 0.15) is 30.4 Å². The third-order valence-corrected chi connectivity index (χ3v) is 3.62. The Morgan fingerprint density at radius 3 is 2.72 bits per heavy atom. The van der Waals surface area contributed by atoms with Gasteiger partial charge in [0.2, 0.25) is 0 Å². The van der Waals surface area contributed by atoms with Gasteiger partial charge in [-0.05, 0) is 30.0 Å². The number of nitrogens with two attached hydrogens (primary N) is 1. The molecule has 18 heavy (non-hydrogen) atoms. The normalized spacial score (nSPS) is 19.4. The van der Waals surface area contributed by atoms with Crippen LogP contribution in [-0.4, -0.2) is 37.7 Å². The van der Waals surface area contributed by atoms with Gasteiger partial charge < -0.3 is 10.5 Å². The van der Waals surface area contributed by atoms with E-state index in [1.165, 1.54) is 11.1 Å². The van der Waals surface area contributed by atoms with E-state index >= 15 is 0 Å². The molecule has 1 heterocycles. The molecule has 0 aliphatic carbocycles. The lowest BCUT2D eigenvalue weighted by Crippen LogP contribution is -2.25. The fourth-order valence-electron chi connectivity index (χ4n) is 2.30. The van der Waals surface area contributed by atoms with E-state index in [0.717, 1.165) is 39.3 Å². The van der Waals surface area contributed by atoms with Gasteiger partial charge in [0.25, 0.3) is 0 Å². The smallest absolute Gasteiger partial charge is 0.0593 e. The van der Waals surface area contributed by atoms with Crippen molar-refractivity contribution >= 4 is 0 Å². The Hall–Kier alpha value is -0.900. The maximum absolute atomic E-state index is 5.69. The standard InChI is InChI=1S/C15H24N2O/c1-13(11-16)15-5-3-14(4-6-15)12-17-7-2-9-18-10-8-17/h3-6,13H,2,7-12,16H2,1H3. The summed E-state index contributed by atoms with van der Waals surface area (Å²) in [5.41, 5.74) is 8.40. The predicted molar refractivity (Wildman–Crippen MR) is 74.6 cm³/mol. The lowest BCUT2D eigenvalue weighted by molar-refractivity contribution is 0.140. The number of hydrogen-bond donors (Lipinski definition) is 1. The third-order valence-electron chi connectivity index (χ3n) is 3.62. The molecule has 0 saturated carbocycles. The Labute approximate surface area is 110 Å². The minimum Gasteiger partial charge on any atom is -0.380 e. The van der Waals surface area contributed by atoms with E-state index in [1.54, 1.807) is 0 Å². The molecule has 3 heteroatoms. The molecule has 1 saturated heterocycles. The van der Waals surface area contributed by atoms with Gasteiger partial charge in [-0.15, -0.1) is 0 Å². The minimum absolute atomic E-state index is 0.450. The molecule has 3 nitrogen and oxygen atoms in total. The Bertz CT molecular complexity index is 342. The number of nitrogens with zero attached hydrogens (tertiary/aromatic N) is 1. The molecular formula is C15H24N2O. The molecule has 1 aliphatic heterocycles. The van der Waals surface area contributed by atoms with E-state index < -0.39 is 0 Å². The monoisotopic (exact) mass is 248 g/mol. The van der Waals surface area contributed by atoms with E-state index in [4.69, 9.17) is 10.5 Å². The molecule has 1 aromatic carbocycles. The average molecular weight is 248 g/mol. The van der Waals surface area contributed by atoms with Crippen LogP contribution in [0.15, 0.2) is 24.3 Å². The Morgan fingerprint density at radius 1 is 1.22 bits per heavy atom. The molecule has 100 valence electrons. The zero-order valence-electron chi connectivity index (χ0n) is 11.3. The lowest BCUT2D eigenvalue weighted by atomic mass is 10.00. The van der Waals surface area contributed by atoms with Crippen molar-refractivity contribution in [3.63, 3.8) is 0 Å². The van der Waals surface area contributed by atoms with Crippen LogP contribution < -0.4 is 5.73 Å². The molecule has 2 N–H and O–H groups in total. The van der Waals surface area contributed by atoms with Gasteiger partial charge in [-0.25, -0.2) is 0 Å². The highest BCUT2D eigenvalue weighted by molar-refractivity contribution is 5.25. The number of benzene rings is 1. The molecule has 2 rings (SSSR count). The van der Waals surface area contributed by atoms with Gasteiger partial charge in [-0.2, -0.15) is 0 Å². The Morgan fingerprint density at radius 2 is 2.00 bits per heavy atom. The van der Waals surface area contributed by atoms with Crippen LogP contribution >= 0.6 is 0 Å². The summed E-state index contributed by atoms with van der Waals surface area (Å²) < 4.78 is 5.47. The van der Waals surface area contributed by atoms with Crippen LogP contribution in [0.5, 0.6) is 0 Å². The first-order valence-electron chi connectivity index (χ1n) is 6.88. The molecule has 0 bridgehead atoms. The maximum Gasteiger partial charge on any atom is 0.0593 e. The van der Waals surface area contributed by atoms with Crippen LogP contribution in [0.2, 0.25) is 0 Å². The third kappa shape index (κ3) is 3.80. The van der Waals surface area contributed by atoms with E-state index in [1.807, 2.05) is 0 Å². The zero-order valence-corrected chi connectivity index (χ0v) is 11.3. The SMILES string of the molecule is CC(CN)c1ccc(CN2CCCOCC2)cc1. The van der Waals surface area contributed by atoms with Crippen LogP contribution in [0.4, 0.5) is 0 Å². The first kappa shape index (κ1) is 13.5. The average Bonchev–Trinajstić information content (AvgIpc) is 2.67. The van der Waals surface area contributed by atoms with Crippen molar-refractivity contribution < 1.29 is 4.74 Å². The summed E-state index contributed by atoms with van der Waals surface area (Å²) >= 11 is 0. The van der Waals surface area contributed by atoms with Crippen molar-refractivity contribution in [2.45, 2.75) is 25.8 Å². The Kier molecular flexibility index (Phi) is 5.17. The summed E-state index contributed by atoms with van der Waals surface area (Å²) in [5.74, 6) is 0.450. The van der Waals surface area contributed by atoms with Crippen LogP contribution in [-0.2, 0) is 11.3 Å². The summed E-state index contributed by atoms with van der Waals surface area (Å²) in [7, 11) is 0. The van der Waals surface area contributed by atoms with Crippen LogP contribution in [0.25, 0.3) is 0 Å². The molecular weight excluding hydrogens is 224 g/mol. The van der Waals surface area contributed by atoms with Gasteiger partial charge in [-0.1, -0.05) is 31.2 Å².